The number of carbonyl (C=O) groups is 1. The second kappa shape index (κ2) is 4.67. The van der Waals surface area contributed by atoms with Gasteiger partial charge in [-0.25, -0.2) is 0 Å². The van der Waals surface area contributed by atoms with Gasteiger partial charge in [0, 0.05) is 17.7 Å². The van der Waals surface area contributed by atoms with E-state index >= 15 is 0 Å². The predicted molar refractivity (Wildman–Crippen MR) is 54.1 cm³/mol. The van der Waals surface area contributed by atoms with Crippen LogP contribution >= 0.6 is 11.6 Å². The van der Waals surface area contributed by atoms with E-state index in [0.29, 0.717) is 5.03 Å². The van der Waals surface area contributed by atoms with E-state index in [1.807, 2.05) is 0 Å². The van der Waals surface area contributed by atoms with Crippen LogP contribution in [0.1, 0.15) is 6.92 Å². The van der Waals surface area contributed by atoms with Crippen LogP contribution in [0.25, 0.3) is 0 Å². The maximum atomic E-state index is 10.7. The summed E-state index contributed by atoms with van der Waals surface area (Å²) in [7, 11) is 0. The van der Waals surface area contributed by atoms with E-state index in [2.05, 4.69) is 5.32 Å². The quantitative estimate of drug-likeness (QED) is 0.683. The van der Waals surface area contributed by atoms with Gasteiger partial charge in [-0.15, -0.1) is 0 Å². The first-order chi connectivity index (χ1) is 6.18. The lowest BCUT2D eigenvalue weighted by Crippen LogP contribution is -2.17. The molecule has 0 aromatic rings. The SMILES string of the molecule is CC(=O)NC1=C/C=C\C(Cl)=C/C=C\1. The number of rotatable bonds is 1. The van der Waals surface area contributed by atoms with Crippen LogP contribution in [0.2, 0.25) is 0 Å². The summed E-state index contributed by atoms with van der Waals surface area (Å²) in [6, 6.07) is 0. The molecule has 0 fully saturated rings. The number of carbonyl (C=O) groups excluding carboxylic acids is 1. The molecule has 0 heterocycles. The van der Waals surface area contributed by atoms with Gasteiger partial charge >= 0.3 is 0 Å². The number of halogens is 1. The van der Waals surface area contributed by atoms with Crippen LogP contribution in [-0.2, 0) is 4.79 Å². The van der Waals surface area contributed by atoms with Crippen molar-refractivity contribution in [3.05, 3.63) is 47.2 Å². The summed E-state index contributed by atoms with van der Waals surface area (Å²) in [5.74, 6) is -0.0834. The zero-order valence-corrected chi connectivity index (χ0v) is 8.01. The van der Waals surface area contributed by atoms with Gasteiger partial charge in [-0.2, -0.15) is 0 Å². The van der Waals surface area contributed by atoms with Crippen molar-refractivity contribution in [2.24, 2.45) is 0 Å². The van der Waals surface area contributed by atoms with Crippen molar-refractivity contribution in [1.82, 2.24) is 5.32 Å². The van der Waals surface area contributed by atoms with Crippen LogP contribution in [0.5, 0.6) is 0 Å². The Balaban J connectivity index is 2.74. The zero-order valence-electron chi connectivity index (χ0n) is 7.25. The maximum absolute atomic E-state index is 10.7. The summed E-state index contributed by atoms with van der Waals surface area (Å²) in [6.07, 6.45) is 10.7. The van der Waals surface area contributed by atoms with Gasteiger partial charge in [0.25, 0.3) is 0 Å². The summed E-state index contributed by atoms with van der Waals surface area (Å²) >= 11 is 5.75. The van der Waals surface area contributed by atoms with Crippen molar-refractivity contribution in [3.63, 3.8) is 0 Å². The van der Waals surface area contributed by atoms with Gasteiger partial charge in [0.1, 0.15) is 0 Å². The third-order valence-electron chi connectivity index (χ3n) is 1.38. The Bertz CT molecular complexity index is 324. The van der Waals surface area contributed by atoms with Gasteiger partial charge in [-0.05, 0) is 24.3 Å². The van der Waals surface area contributed by atoms with E-state index in [1.54, 1.807) is 36.5 Å². The molecule has 0 atom stereocenters. The average Bonchev–Trinajstić information content (AvgIpc) is 1.99. The number of nitrogens with one attached hydrogen (secondary N) is 1. The van der Waals surface area contributed by atoms with E-state index in [9.17, 15) is 4.79 Å². The Labute approximate surface area is 82.3 Å². The first-order valence-electron chi connectivity index (χ1n) is 3.88. The number of hydrogen-bond acceptors (Lipinski definition) is 1. The van der Waals surface area contributed by atoms with E-state index in [4.69, 9.17) is 11.6 Å². The minimum atomic E-state index is -0.0834. The van der Waals surface area contributed by atoms with Crippen molar-refractivity contribution in [3.8, 4) is 0 Å². The Hall–Kier alpha value is -1.28. The van der Waals surface area contributed by atoms with Crippen LogP contribution in [-0.4, -0.2) is 5.91 Å². The summed E-state index contributed by atoms with van der Waals surface area (Å²) in [5.41, 5.74) is 0.754. The second-order valence-corrected chi connectivity index (χ2v) is 3.01. The lowest BCUT2D eigenvalue weighted by atomic mass is 10.2. The van der Waals surface area contributed by atoms with Gasteiger partial charge in [-0.3, -0.25) is 4.79 Å². The largest absolute Gasteiger partial charge is 0.326 e. The Kier molecular flexibility index (Phi) is 3.53. The fraction of sp³-hybridized carbons (Fsp3) is 0.100. The molecule has 1 rings (SSSR count). The van der Waals surface area contributed by atoms with E-state index in [1.165, 1.54) is 6.92 Å². The van der Waals surface area contributed by atoms with Crippen LogP contribution in [0.4, 0.5) is 0 Å². The molecule has 0 saturated heterocycles. The van der Waals surface area contributed by atoms with Gasteiger partial charge in [-0.1, -0.05) is 23.8 Å². The fourth-order valence-corrected chi connectivity index (χ4v) is 1.03. The third kappa shape index (κ3) is 3.76. The van der Waals surface area contributed by atoms with Crippen molar-refractivity contribution >= 4 is 17.5 Å². The number of hydrogen-bond donors (Lipinski definition) is 1. The predicted octanol–water partition coefficient (Wildman–Crippen LogP) is 2.26. The molecule has 1 aliphatic carbocycles. The molecule has 0 spiro atoms. The molecule has 0 radical (unpaired) electrons. The van der Waals surface area contributed by atoms with Crippen LogP contribution < -0.4 is 5.32 Å². The van der Waals surface area contributed by atoms with Crippen LogP contribution in [0, 0.1) is 0 Å². The molecule has 1 amide bonds. The molecule has 1 aliphatic rings. The number of amides is 1. The Morgan fingerprint density at radius 1 is 1.31 bits per heavy atom. The van der Waals surface area contributed by atoms with E-state index < -0.39 is 0 Å². The van der Waals surface area contributed by atoms with Gasteiger partial charge in [0.15, 0.2) is 0 Å². The number of allylic oxidation sites excluding steroid dienone is 7. The van der Waals surface area contributed by atoms with Gasteiger partial charge in [0.05, 0.1) is 0 Å². The third-order valence-corrected chi connectivity index (χ3v) is 1.63. The Morgan fingerprint density at radius 2 is 2.00 bits per heavy atom. The fourth-order valence-electron chi connectivity index (χ4n) is 0.885. The summed E-state index contributed by atoms with van der Waals surface area (Å²) in [6.45, 7) is 1.47. The van der Waals surface area contributed by atoms with E-state index in [-0.39, 0.29) is 5.91 Å². The zero-order chi connectivity index (χ0) is 9.68. The van der Waals surface area contributed by atoms with Crippen LogP contribution in [0.3, 0.4) is 0 Å². The van der Waals surface area contributed by atoms with Crippen LogP contribution in [0.15, 0.2) is 47.2 Å². The molecule has 0 aromatic carbocycles. The molecule has 13 heavy (non-hydrogen) atoms. The summed E-state index contributed by atoms with van der Waals surface area (Å²) in [4.78, 5) is 10.7. The lowest BCUT2D eigenvalue weighted by molar-refractivity contribution is -0.118. The van der Waals surface area contributed by atoms with Crippen molar-refractivity contribution in [2.45, 2.75) is 6.92 Å². The molecule has 68 valence electrons. The molecular formula is C10H10ClNO. The Morgan fingerprint density at radius 3 is 2.69 bits per heavy atom. The van der Waals surface area contributed by atoms with Gasteiger partial charge in [0.2, 0.25) is 5.91 Å². The highest BCUT2D eigenvalue weighted by molar-refractivity contribution is 6.31. The minimum absolute atomic E-state index is 0.0834. The molecule has 1 N–H and O–H groups in total. The lowest BCUT2D eigenvalue weighted by Gasteiger charge is -2.01. The highest BCUT2D eigenvalue weighted by Crippen LogP contribution is 2.07. The maximum Gasteiger partial charge on any atom is 0.221 e. The minimum Gasteiger partial charge on any atom is -0.326 e. The molecule has 0 aromatic heterocycles. The van der Waals surface area contributed by atoms with Gasteiger partial charge < -0.3 is 5.32 Å². The first kappa shape index (κ1) is 9.81. The van der Waals surface area contributed by atoms with E-state index in [0.717, 1.165) is 5.70 Å². The molecule has 0 aliphatic heterocycles. The van der Waals surface area contributed by atoms with Crippen molar-refractivity contribution in [1.29, 1.82) is 0 Å². The molecule has 3 heteroatoms. The van der Waals surface area contributed by atoms with Crippen molar-refractivity contribution < 1.29 is 4.79 Å². The summed E-state index contributed by atoms with van der Waals surface area (Å²) in [5, 5.41) is 3.34. The highest BCUT2D eigenvalue weighted by Gasteiger charge is 1.94. The molecule has 0 bridgehead atoms. The monoisotopic (exact) mass is 195 g/mol. The second-order valence-electron chi connectivity index (χ2n) is 2.57. The normalized spacial score (nSPS) is 28.5. The first-order valence-corrected chi connectivity index (χ1v) is 4.26. The molecule has 0 saturated carbocycles. The molecule has 0 unspecified atom stereocenters. The molecule has 2 nitrogen and oxygen atoms in total. The average molecular weight is 196 g/mol. The topological polar surface area (TPSA) is 29.1 Å². The smallest absolute Gasteiger partial charge is 0.221 e. The highest BCUT2D eigenvalue weighted by atomic mass is 35.5. The van der Waals surface area contributed by atoms with Crippen molar-refractivity contribution in [2.75, 3.05) is 0 Å². The molecular weight excluding hydrogens is 186 g/mol. The summed E-state index contributed by atoms with van der Waals surface area (Å²) < 4.78 is 0. The standard InChI is InChI=1S/C10H10ClNO/c1-8(13)12-10-6-2-4-9(11)5-3-7-10/h2-7H,1H3,(H,12,13)/b4-2-,5-3?,6-2?,7-3-,9-4?,9-5+,10-6+,10-7?.